The first-order chi connectivity index (χ1) is 11.4. The highest BCUT2D eigenvalue weighted by Crippen LogP contribution is 2.38. The lowest BCUT2D eigenvalue weighted by Crippen LogP contribution is -2.84. The first-order valence-electron chi connectivity index (χ1n) is 7.93. The fourth-order valence-electron chi connectivity index (χ4n) is 3.75. The average molecular weight is 336 g/mol. The molecule has 1 unspecified atom stereocenters. The molecule has 2 aromatic carbocycles. The molecule has 0 aliphatic carbocycles. The van der Waals surface area contributed by atoms with Gasteiger partial charge in [0.25, 0.3) is 0 Å². The van der Waals surface area contributed by atoms with Gasteiger partial charge in [-0.25, -0.2) is 0 Å². The summed E-state index contributed by atoms with van der Waals surface area (Å²) in [5, 5.41) is 6.05. The number of β-lactam (4-membered cyclic amide) rings is 1. The number of nitrogens with zero attached hydrogens (tertiary/aromatic N) is 4. The van der Waals surface area contributed by atoms with Crippen LogP contribution in [0, 0.1) is 0 Å². The number of carbonyl (C=O) groups excluding carboxylic acids is 1. The Labute approximate surface area is 142 Å². The van der Waals surface area contributed by atoms with Crippen molar-refractivity contribution in [3.05, 3.63) is 71.1 Å². The molecule has 0 spiro atoms. The van der Waals surface area contributed by atoms with Gasteiger partial charge < -0.3 is 4.57 Å². The molecule has 122 valence electrons. The Morgan fingerprint density at radius 2 is 1.50 bits per heavy atom. The van der Waals surface area contributed by atoms with Gasteiger partial charge in [0.2, 0.25) is 14.1 Å². The molecule has 5 nitrogen and oxygen atoms in total. The van der Waals surface area contributed by atoms with Crippen LogP contribution in [0.2, 0.25) is 6.55 Å². The molecule has 0 saturated carbocycles. The molecular weight excluding hydrogens is 316 g/mol. The zero-order chi connectivity index (χ0) is 17.4. The molecule has 1 saturated heterocycles. The SMILES string of the molecule is CC1(C)C(N=[N+]=[N-])C(=O)N1[Si](C)(c1ccccc1)c1ccccc1. The fourth-order valence-corrected chi connectivity index (χ4v) is 8.12. The second-order valence-corrected chi connectivity index (χ2v) is 10.5. The lowest BCUT2D eigenvalue weighted by atomic mass is 9.86. The highest BCUT2D eigenvalue weighted by Gasteiger charge is 2.61. The Kier molecular flexibility index (Phi) is 3.95. The van der Waals surface area contributed by atoms with E-state index in [0.717, 1.165) is 10.4 Å². The van der Waals surface area contributed by atoms with E-state index in [4.69, 9.17) is 5.53 Å². The van der Waals surface area contributed by atoms with Crippen molar-refractivity contribution in [3.8, 4) is 0 Å². The highest BCUT2D eigenvalue weighted by molar-refractivity contribution is 7.01. The van der Waals surface area contributed by atoms with Gasteiger partial charge in [0.1, 0.15) is 6.04 Å². The van der Waals surface area contributed by atoms with E-state index in [1.807, 2.05) is 54.8 Å². The smallest absolute Gasteiger partial charge is 0.227 e. The second kappa shape index (κ2) is 5.82. The summed E-state index contributed by atoms with van der Waals surface area (Å²) in [4.78, 5) is 15.7. The van der Waals surface area contributed by atoms with Crippen molar-refractivity contribution in [3.63, 3.8) is 0 Å². The van der Waals surface area contributed by atoms with Gasteiger partial charge in [-0.15, -0.1) is 0 Å². The number of hydrogen-bond acceptors (Lipinski definition) is 2. The normalized spacial score (nSPS) is 19.4. The molecule has 6 heteroatoms. The van der Waals surface area contributed by atoms with Crippen LogP contribution in [0.25, 0.3) is 10.4 Å². The summed E-state index contributed by atoms with van der Waals surface area (Å²) in [7, 11) is -2.49. The van der Waals surface area contributed by atoms with E-state index in [2.05, 4.69) is 40.8 Å². The summed E-state index contributed by atoms with van der Waals surface area (Å²) < 4.78 is 1.98. The molecule has 1 amide bonds. The minimum atomic E-state index is -2.49. The molecule has 0 N–H and O–H groups in total. The van der Waals surface area contributed by atoms with Gasteiger partial charge in [-0.2, -0.15) is 0 Å². The Morgan fingerprint density at radius 1 is 1.04 bits per heavy atom. The molecule has 0 bridgehead atoms. The molecule has 1 heterocycles. The third kappa shape index (κ3) is 2.23. The Bertz CT molecular complexity index is 761. The third-order valence-corrected chi connectivity index (χ3v) is 9.59. The van der Waals surface area contributed by atoms with Crippen LogP contribution in [0.4, 0.5) is 0 Å². The molecular formula is C18H20N4OSi. The van der Waals surface area contributed by atoms with Gasteiger partial charge in [0.05, 0.1) is 0 Å². The number of hydrogen-bond donors (Lipinski definition) is 0. The van der Waals surface area contributed by atoms with Crippen molar-refractivity contribution in [2.45, 2.75) is 32.0 Å². The zero-order valence-electron chi connectivity index (χ0n) is 14.0. The monoisotopic (exact) mass is 336 g/mol. The molecule has 1 aliphatic rings. The summed E-state index contributed by atoms with van der Waals surface area (Å²) in [6, 6.07) is 19.7. The van der Waals surface area contributed by atoms with E-state index >= 15 is 0 Å². The molecule has 3 rings (SSSR count). The van der Waals surface area contributed by atoms with Crippen molar-refractivity contribution < 1.29 is 4.79 Å². The van der Waals surface area contributed by atoms with Crippen LogP contribution in [0.1, 0.15) is 13.8 Å². The standard InChI is InChI=1S/C18H20N4OSi/c1-18(2)16(20-21-19)17(23)22(18)24(3,14-10-6-4-7-11-14)15-12-8-5-9-13-15/h4-13,16H,1-3H3. The van der Waals surface area contributed by atoms with Crippen LogP contribution in [0.15, 0.2) is 65.8 Å². The molecule has 2 aromatic rings. The van der Waals surface area contributed by atoms with Crippen LogP contribution in [0.5, 0.6) is 0 Å². The van der Waals surface area contributed by atoms with Gasteiger partial charge in [-0.1, -0.05) is 65.8 Å². The summed E-state index contributed by atoms with van der Waals surface area (Å²) in [5.41, 5.74) is 8.27. The lowest BCUT2D eigenvalue weighted by molar-refractivity contribution is -0.147. The van der Waals surface area contributed by atoms with Crippen molar-refractivity contribution in [1.29, 1.82) is 0 Å². The van der Waals surface area contributed by atoms with E-state index in [-0.39, 0.29) is 5.91 Å². The van der Waals surface area contributed by atoms with E-state index in [0.29, 0.717) is 0 Å². The highest BCUT2D eigenvalue weighted by atomic mass is 28.3. The van der Waals surface area contributed by atoms with Crippen molar-refractivity contribution in [1.82, 2.24) is 4.57 Å². The maximum atomic E-state index is 12.9. The van der Waals surface area contributed by atoms with Crippen molar-refractivity contribution in [2.24, 2.45) is 5.11 Å². The summed E-state index contributed by atoms with van der Waals surface area (Å²) in [6.07, 6.45) is 0. The van der Waals surface area contributed by atoms with Crippen LogP contribution in [0.3, 0.4) is 0 Å². The summed E-state index contributed by atoms with van der Waals surface area (Å²) in [5.74, 6) is -0.0836. The quantitative estimate of drug-likeness (QED) is 0.278. The van der Waals surface area contributed by atoms with Gasteiger partial charge in [-0.05, 0) is 36.3 Å². The third-order valence-electron chi connectivity index (χ3n) is 4.99. The summed E-state index contributed by atoms with van der Waals surface area (Å²) >= 11 is 0. The Morgan fingerprint density at radius 3 is 1.88 bits per heavy atom. The molecule has 24 heavy (non-hydrogen) atoms. The fraction of sp³-hybridized carbons (Fsp3) is 0.278. The average Bonchev–Trinajstić information content (AvgIpc) is 2.61. The number of amides is 1. The minimum absolute atomic E-state index is 0.0836. The lowest BCUT2D eigenvalue weighted by Gasteiger charge is -2.60. The summed E-state index contributed by atoms with van der Waals surface area (Å²) in [6.45, 7) is 6.14. The molecule has 1 atom stereocenters. The van der Waals surface area contributed by atoms with Crippen LogP contribution >= 0.6 is 0 Å². The number of rotatable bonds is 4. The molecule has 1 fully saturated rings. The van der Waals surface area contributed by atoms with Crippen LogP contribution < -0.4 is 10.4 Å². The van der Waals surface area contributed by atoms with Gasteiger partial charge in [0, 0.05) is 10.5 Å². The molecule has 0 radical (unpaired) electrons. The van der Waals surface area contributed by atoms with Crippen molar-refractivity contribution >= 4 is 24.5 Å². The van der Waals surface area contributed by atoms with E-state index in [9.17, 15) is 4.79 Å². The largest absolute Gasteiger partial charge is 0.355 e. The predicted molar refractivity (Wildman–Crippen MR) is 97.6 cm³/mol. The van der Waals surface area contributed by atoms with E-state index < -0.39 is 19.8 Å². The van der Waals surface area contributed by atoms with Gasteiger partial charge >= 0.3 is 0 Å². The first-order valence-corrected chi connectivity index (χ1v) is 10.4. The van der Waals surface area contributed by atoms with Gasteiger partial charge in [-0.3, -0.25) is 4.79 Å². The zero-order valence-corrected chi connectivity index (χ0v) is 15.0. The maximum absolute atomic E-state index is 12.9. The molecule has 0 aromatic heterocycles. The Balaban J connectivity index is 2.18. The van der Waals surface area contributed by atoms with Crippen LogP contribution in [-0.4, -0.2) is 30.3 Å². The van der Waals surface area contributed by atoms with Crippen LogP contribution in [-0.2, 0) is 4.79 Å². The maximum Gasteiger partial charge on any atom is 0.227 e. The molecule has 1 aliphatic heterocycles. The van der Waals surface area contributed by atoms with E-state index in [1.165, 1.54) is 0 Å². The first kappa shape index (κ1) is 16.3. The number of benzene rings is 2. The Hall–Kier alpha value is -2.56. The second-order valence-electron chi connectivity index (χ2n) is 6.74. The van der Waals surface area contributed by atoms with Gasteiger partial charge in [0.15, 0.2) is 0 Å². The topological polar surface area (TPSA) is 69.1 Å². The number of azide groups is 1. The predicted octanol–water partition coefficient (Wildman–Crippen LogP) is 2.68. The minimum Gasteiger partial charge on any atom is -0.355 e. The van der Waals surface area contributed by atoms with Crippen molar-refractivity contribution in [2.75, 3.05) is 0 Å². The number of carbonyl (C=O) groups is 1. The van der Waals surface area contributed by atoms with E-state index in [1.54, 1.807) is 0 Å².